The van der Waals surface area contributed by atoms with Gasteiger partial charge in [-0.05, 0) is 56.2 Å². The molecule has 4 heteroatoms. The molecular formula is C20H27N2O2+. The van der Waals surface area contributed by atoms with E-state index in [1.807, 2.05) is 45.2 Å². The minimum absolute atomic E-state index is 0.0380. The van der Waals surface area contributed by atoms with E-state index in [4.69, 9.17) is 4.74 Å². The van der Waals surface area contributed by atoms with Gasteiger partial charge in [0.2, 0.25) is 0 Å². The molecule has 0 radical (unpaired) electrons. The first-order chi connectivity index (χ1) is 11.4. The lowest BCUT2D eigenvalue weighted by Crippen LogP contribution is -3.08. The van der Waals surface area contributed by atoms with E-state index >= 15 is 0 Å². The van der Waals surface area contributed by atoms with Gasteiger partial charge < -0.3 is 15.0 Å². The molecular weight excluding hydrogens is 300 g/mol. The number of likely N-dealkylation sites (N-methyl/N-ethyl adjacent to an activating group) is 1. The molecule has 0 fully saturated rings. The summed E-state index contributed by atoms with van der Waals surface area (Å²) in [7, 11) is 3.68. The smallest absolute Gasteiger partial charge is 0.279 e. The van der Waals surface area contributed by atoms with Crippen LogP contribution in [-0.2, 0) is 11.3 Å². The molecule has 0 aliphatic heterocycles. The fraction of sp³-hybridized carbons (Fsp3) is 0.350. The van der Waals surface area contributed by atoms with Crippen molar-refractivity contribution < 1.29 is 14.4 Å². The van der Waals surface area contributed by atoms with E-state index in [0.717, 1.165) is 34.0 Å². The largest absolute Gasteiger partial charge is 0.497 e. The molecule has 0 saturated heterocycles. The zero-order valence-corrected chi connectivity index (χ0v) is 15.2. The molecule has 128 valence electrons. The highest BCUT2D eigenvalue weighted by Gasteiger charge is 2.13. The molecule has 0 aliphatic carbocycles. The highest BCUT2D eigenvalue weighted by atomic mass is 16.5. The number of ether oxygens (including phenoxy) is 1. The van der Waals surface area contributed by atoms with Gasteiger partial charge in [-0.15, -0.1) is 0 Å². The molecule has 2 aromatic carbocycles. The van der Waals surface area contributed by atoms with E-state index in [1.54, 1.807) is 7.11 Å². The summed E-state index contributed by atoms with van der Waals surface area (Å²) in [5.74, 6) is 0.885. The number of carbonyl (C=O) groups excluding carboxylic acids is 1. The average Bonchev–Trinajstić information content (AvgIpc) is 2.51. The second-order valence-corrected chi connectivity index (χ2v) is 6.48. The van der Waals surface area contributed by atoms with Crippen LogP contribution in [0, 0.1) is 20.8 Å². The lowest BCUT2D eigenvalue weighted by molar-refractivity contribution is -0.885. The van der Waals surface area contributed by atoms with Crippen LogP contribution in [0.25, 0.3) is 0 Å². The van der Waals surface area contributed by atoms with Gasteiger partial charge in [0.25, 0.3) is 5.91 Å². The summed E-state index contributed by atoms with van der Waals surface area (Å²) in [4.78, 5) is 13.5. The molecule has 0 saturated carbocycles. The molecule has 0 aromatic heterocycles. The summed E-state index contributed by atoms with van der Waals surface area (Å²) >= 11 is 0. The van der Waals surface area contributed by atoms with Crippen LogP contribution in [0.5, 0.6) is 5.75 Å². The van der Waals surface area contributed by atoms with Crippen molar-refractivity contribution in [2.24, 2.45) is 0 Å². The van der Waals surface area contributed by atoms with Crippen molar-refractivity contribution >= 4 is 11.6 Å². The molecule has 0 spiro atoms. The number of carbonyl (C=O) groups is 1. The van der Waals surface area contributed by atoms with Crippen molar-refractivity contribution in [3.8, 4) is 5.75 Å². The third-order valence-electron chi connectivity index (χ3n) is 4.07. The molecule has 1 amide bonds. The molecule has 24 heavy (non-hydrogen) atoms. The summed E-state index contributed by atoms with van der Waals surface area (Å²) in [5, 5.41) is 3.06. The van der Waals surface area contributed by atoms with Gasteiger partial charge in [-0.1, -0.05) is 17.7 Å². The van der Waals surface area contributed by atoms with E-state index in [0.29, 0.717) is 6.54 Å². The fourth-order valence-corrected chi connectivity index (χ4v) is 2.99. The number of benzene rings is 2. The van der Waals surface area contributed by atoms with Gasteiger partial charge in [0.15, 0.2) is 6.54 Å². The van der Waals surface area contributed by atoms with Crippen LogP contribution in [0.3, 0.4) is 0 Å². The van der Waals surface area contributed by atoms with Crippen LogP contribution in [-0.4, -0.2) is 26.6 Å². The molecule has 0 heterocycles. The normalized spacial score (nSPS) is 11.9. The molecule has 2 N–H and O–H groups in total. The SMILES string of the molecule is COc1ccc(C[NH+](C)CC(=O)Nc2c(C)cc(C)cc2C)cc1. The van der Waals surface area contributed by atoms with Crippen LogP contribution in [0.15, 0.2) is 36.4 Å². The predicted octanol–water partition coefficient (Wildman–Crippen LogP) is 2.27. The number of quaternary nitrogens is 1. The Balaban J connectivity index is 1.94. The second kappa shape index (κ2) is 7.97. The molecule has 2 aromatic rings. The number of aryl methyl sites for hydroxylation is 3. The van der Waals surface area contributed by atoms with E-state index < -0.39 is 0 Å². The third kappa shape index (κ3) is 4.83. The van der Waals surface area contributed by atoms with Gasteiger partial charge in [-0.2, -0.15) is 0 Å². The van der Waals surface area contributed by atoms with Crippen molar-refractivity contribution in [1.29, 1.82) is 0 Å². The van der Waals surface area contributed by atoms with Crippen LogP contribution in [0.1, 0.15) is 22.3 Å². The Morgan fingerprint density at radius 2 is 1.67 bits per heavy atom. The zero-order chi connectivity index (χ0) is 17.7. The molecule has 0 bridgehead atoms. The molecule has 1 atom stereocenters. The first-order valence-electron chi connectivity index (χ1n) is 8.21. The van der Waals surface area contributed by atoms with Crippen LogP contribution < -0.4 is 15.0 Å². The van der Waals surface area contributed by atoms with Crippen LogP contribution in [0.2, 0.25) is 0 Å². The molecule has 4 nitrogen and oxygen atoms in total. The van der Waals surface area contributed by atoms with Crippen molar-refractivity contribution in [2.75, 3.05) is 26.0 Å². The van der Waals surface area contributed by atoms with Crippen molar-refractivity contribution in [2.45, 2.75) is 27.3 Å². The van der Waals surface area contributed by atoms with Gasteiger partial charge >= 0.3 is 0 Å². The third-order valence-corrected chi connectivity index (χ3v) is 4.07. The van der Waals surface area contributed by atoms with Gasteiger partial charge in [0, 0.05) is 11.3 Å². The summed E-state index contributed by atoms with van der Waals surface area (Å²) in [6.45, 7) is 7.35. The van der Waals surface area contributed by atoms with E-state index in [2.05, 4.69) is 24.4 Å². The van der Waals surface area contributed by atoms with Crippen molar-refractivity contribution in [3.63, 3.8) is 0 Å². The molecule has 1 unspecified atom stereocenters. The van der Waals surface area contributed by atoms with Gasteiger partial charge in [0.1, 0.15) is 12.3 Å². The highest BCUT2D eigenvalue weighted by molar-refractivity contribution is 5.93. The Labute approximate surface area is 144 Å². The average molecular weight is 327 g/mol. The monoisotopic (exact) mass is 327 g/mol. The summed E-state index contributed by atoms with van der Waals surface area (Å²) in [6, 6.07) is 12.2. The minimum Gasteiger partial charge on any atom is -0.497 e. The second-order valence-electron chi connectivity index (χ2n) is 6.48. The lowest BCUT2D eigenvalue weighted by Gasteiger charge is -2.16. The first-order valence-corrected chi connectivity index (χ1v) is 8.21. The summed E-state index contributed by atoms with van der Waals surface area (Å²) in [6.07, 6.45) is 0. The Bertz CT molecular complexity index is 685. The number of amides is 1. The van der Waals surface area contributed by atoms with Gasteiger partial charge in [0.05, 0.1) is 14.2 Å². The van der Waals surface area contributed by atoms with E-state index in [1.165, 1.54) is 11.1 Å². The topological polar surface area (TPSA) is 42.8 Å². The van der Waals surface area contributed by atoms with Crippen LogP contribution in [0.4, 0.5) is 5.69 Å². The highest BCUT2D eigenvalue weighted by Crippen LogP contribution is 2.21. The van der Waals surface area contributed by atoms with E-state index in [9.17, 15) is 4.79 Å². The number of hydrogen-bond donors (Lipinski definition) is 2. The van der Waals surface area contributed by atoms with Crippen molar-refractivity contribution in [3.05, 3.63) is 58.7 Å². The quantitative estimate of drug-likeness (QED) is 0.855. The summed E-state index contributed by atoms with van der Waals surface area (Å²) < 4.78 is 5.16. The molecule has 2 rings (SSSR count). The Morgan fingerprint density at radius 1 is 1.08 bits per heavy atom. The Morgan fingerprint density at radius 3 is 2.21 bits per heavy atom. The lowest BCUT2D eigenvalue weighted by atomic mass is 10.1. The van der Waals surface area contributed by atoms with E-state index in [-0.39, 0.29) is 5.91 Å². The minimum atomic E-state index is 0.0380. The first kappa shape index (κ1) is 18.0. The molecule has 0 aliphatic rings. The van der Waals surface area contributed by atoms with Crippen LogP contribution >= 0.6 is 0 Å². The Kier molecular flexibility index (Phi) is 5.99. The summed E-state index contributed by atoms with van der Waals surface area (Å²) in [5.41, 5.74) is 5.54. The van der Waals surface area contributed by atoms with Gasteiger partial charge in [-0.25, -0.2) is 0 Å². The number of methoxy groups -OCH3 is 1. The number of hydrogen-bond acceptors (Lipinski definition) is 2. The fourth-order valence-electron chi connectivity index (χ4n) is 2.99. The van der Waals surface area contributed by atoms with Gasteiger partial charge in [-0.3, -0.25) is 4.79 Å². The van der Waals surface area contributed by atoms with Crippen molar-refractivity contribution in [1.82, 2.24) is 0 Å². The maximum Gasteiger partial charge on any atom is 0.279 e. The Hall–Kier alpha value is -2.33. The number of nitrogens with one attached hydrogen (secondary N) is 2. The number of anilines is 1. The standard InChI is InChI=1S/C20H26N2O2/c1-14-10-15(2)20(16(3)11-14)21-19(23)13-22(4)12-17-6-8-18(24-5)9-7-17/h6-11H,12-13H2,1-5H3,(H,21,23)/p+1. The zero-order valence-electron chi connectivity index (χ0n) is 15.2. The predicted molar refractivity (Wildman–Crippen MR) is 97.7 cm³/mol. The maximum atomic E-state index is 12.4. The maximum absolute atomic E-state index is 12.4. The number of rotatable bonds is 6.